The molecule has 0 radical (unpaired) electrons. The van der Waals surface area contributed by atoms with Crippen molar-refractivity contribution in [1.29, 1.82) is 0 Å². The molecule has 0 fully saturated rings. The van der Waals surface area contributed by atoms with Gasteiger partial charge in [-0.2, -0.15) is 0 Å². The minimum absolute atomic E-state index is 0.0781. The molecule has 64 valence electrons. The Bertz CT molecular complexity index is 152. The summed E-state index contributed by atoms with van der Waals surface area (Å²) in [6, 6.07) is 0. The maximum Gasteiger partial charge on any atom is 0.248 e. The third-order valence-electron chi connectivity index (χ3n) is 1.63. The van der Waals surface area contributed by atoms with E-state index in [1.807, 2.05) is 14.0 Å². The van der Waals surface area contributed by atoms with Gasteiger partial charge in [0.1, 0.15) is 0 Å². The molecular weight excluding hydrogens is 138 g/mol. The van der Waals surface area contributed by atoms with Crippen molar-refractivity contribution < 1.29 is 4.79 Å². The van der Waals surface area contributed by atoms with Gasteiger partial charge in [0.15, 0.2) is 0 Å². The summed E-state index contributed by atoms with van der Waals surface area (Å²) in [5.74, 6) is 0.0781. The van der Waals surface area contributed by atoms with Gasteiger partial charge >= 0.3 is 0 Å². The second-order valence-corrected chi connectivity index (χ2v) is 2.68. The van der Waals surface area contributed by atoms with Crippen molar-refractivity contribution in [3.8, 4) is 0 Å². The molecule has 11 heavy (non-hydrogen) atoms. The van der Waals surface area contributed by atoms with Crippen molar-refractivity contribution in [2.24, 2.45) is 0 Å². The molecule has 0 aromatic heterocycles. The van der Waals surface area contributed by atoms with Crippen LogP contribution in [0.5, 0.6) is 0 Å². The lowest BCUT2D eigenvalue weighted by atomic mass is 10.2. The normalized spacial score (nSPS) is 9.36. The summed E-state index contributed by atoms with van der Waals surface area (Å²) in [5.41, 5.74) is 0.695. The van der Waals surface area contributed by atoms with Gasteiger partial charge in [0.05, 0.1) is 0 Å². The van der Waals surface area contributed by atoms with Crippen molar-refractivity contribution in [3.63, 3.8) is 0 Å². The fourth-order valence-electron chi connectivity index (χ4n) is 0.858. The number of rotatable bonds is 4. The van der Waals surface area contributed by atoms with Gasteiger partial charge in [0.25, 0.3) is 0 Å². The van der Waals surface area contributed by atoms with E-state index in [2.05, 4.69) is 13.5 Å². The average Bonchev–Trinajstić information content (AvgIpc) is 2.02. The maximum absolute atomic E-state index is 11.3. The molecule has 0 saturated heterocycles. The van der Waals surface area contributed by atoms with Crippen LogP contribution in [0, 0.1) is 0 Å². The van der Waals surface area contributed by atoms with Crippen LogP contribution in [0.1, 0.15) is 26.7 Å². The molecule has 0 spiro atoms. The van der Waals surface area contributed by atoms with E-state index in [9.17, 15) is 4.79 Å². The summed E-state index contributed by atoms with van der Waals surface area (Å²) in [5, 5.41) is 0. The first-order chi connectivity index (χ1) is 5.13. The summed E-state index contributed by atoms with van der Waals surface area (Å²) >= 11 is 0. The molecule has 0 saturated carbocycles. The van der Waals surface area contributed by atoms with E-state index in [0.717, 1.165) is 19.4 Å². The smallest absolute Gasteiger partial charge is 0.248 e. The topological polar surface area (TPSA) is 20.3 Å². The largest absolute Gasteiger partial charge is 0.342 e. The highest BCUT2D eigenvalue weighted by Gasteiger charge is 2.08. The fourth-order valence-corrected chi connectivity index (χ4v) is 0.858. The van der Waals surface area contributed by atoms with Crippen LogP contribution < -0.4 is 0 Å². The predicted molar refractivity (Wildman–Crippen MR) is 47.4 cm³/mol. The Morgan fingerprint density at radius 3 is 2.36 bits per heavy atom. The third-order valence-corrected chi connectivity index (χ3v) is 1.63. The van der Waals surface area contributed by atoms with Crippen molar-refractivity contribution >= 4 is 5.91 Å². The molecule has 0 aromatic rings. The minimum Gasteiger partial charge on any atom is -0.342 e. The van der Waals surface area contributed by atoms with Crippen LogP contribution in [0.3, 0.4) is 0 Å². The fraction of sp³-hybridized carbons (Fsp3) is 0.667. The number of hydrogen-bond donors (Lipinski definition) is 0. The molecule has 0 aromatic carbocycles. The minimum atomic E-state index is 0.0781. The predicted octanol–water partition coefficient (Wildman–Crippen LogP) is 1.82. The Morgan fingerprint density at radius 2 is 2.00 bits per heavy atom. The second-order valence-electron chi connectivity index (χ2n) is 2.68. The number of nitrogens with zero attached hydrogens (tertiary/aromatic N) is 1. The van der Waals surface area contributed by atoms with Crippen LogP contribution in [0.2, 0.25) is 0 Å². The Balaban J connectivity index is 3.91. The van der Waals surface area contributed by atoms with E-state index in [-0.39, 0.29) is 5.91 Å². The lowest BCUT2D eigenvalue weighted by Crippen LogP contribution is -2.28. The first-order valence-electron chi connectivity index (χ1n) is 4.06. The van der Waals surface area contributed by atoms with Gasteiger partial charge in [-0.25, -0.2) is 0 Å². The highest BCUT2D eigenvalue weighted by Crippen LogP contribution is 2.01. The zero-order chi connectivity index (χ0) is 8.85. The third kappa shape index (κ3) is 3.21. The Kier molecular flexibility index (Phi) is 4.59. The Labute approximate surface area is 68.9 Å². The Morgan fingerprint density at radius 1 is 1.45 bits per heavy atom. The lowest BCUT2D eigenvalue weighted by molar-refractivity contribution is -0.126. The van der Waals surface area contributed by atoms with E-state index in [0.29, 0.717) is 5.57 Å². The summed E-state index contributed by atoms with van der Waals surface area (Å²) in [4.78, 5) is 13.0. The second kappa shape index (κ2) is 4.94. The molecule has 2 heteroatoms. The molecule has 2 nitrogen and oxygen atoms in total. The van der Waals surface area contributed by atoms with Crippen LogP contribution >= 0.6 is 0 Å². The van der Waals surface area contributed by atoms with E-state index in [1.165, 1.54) is 0 Å². The monoisotopic (exact) mass is 155 g/mol. The summed E-state index contributed by atoms with van der Waals surface area (Å²) in [6.45, 7) is 8.50. The summed E-state index contributed by atoms with van der Waals surface area (Å²) in [7, 11) is 1.81. The first kappa shape index (κ1) is 10.2. The van der Waals surface area contributed by atoms with Gasteiger partial charge in [-0.05, 0) is 12.8 Å². The number of likely N-dealkylation sites (N-methyl/N-ethyl adjacent to an activating group) is 1. The lowest BCUT2D eigenvalue weighted by Gasteiger charge is -2.16. The van der Waals surface area contributed by atoms with Gasteiger partial charge in [-0.15, -0.1) is 0 Å². The highest BCUT2D eigenvalue weighted by molar-refractivity contribution is 5.92. The van der Waals surface area contributed by atoms with Gasteiger partial charge in [-0.3, -0.25) is 4.79 Å². The van der Waals surface area contributed by atoms with Crippen molar-refractivity contribution in [3.05, 3.63) is 12.2 Å². The average molecular weight is 155 g/mol. The number of amides is 1. The van der Waals surface area contributed by atoms with Crippen molar-refractivity contribution in [2.75, 3.05) is 13.6 Å². The SMILES string of the molecule is C=C(CC)C(=O)N(C)CCC. The first-order valence-corrected chi connectivity index (χ1v) is 4.06. The molecule has 0 aliphatic rings. The van der Waals surface area contributed by atoms with Crippen LogP contribution in [0.4, 0.5) is 0 Å². The number of carbonyl (C=O) groups is 1. The zero-order valence-electron chi connectivity index (χ0n) is 7.68. The van der Waals surface area contributed by atoms with Gasteiger partial charge < -0.3 is 4.90 Å². The van der Waals surface area contributed by atoms with E-state index in [4.69, 9.17) is 0 Å². The highest BCUT2D eigenvalue weighted by atomic mass is 16.2. The molecule has 0 rings (SSSR count). The van der Waals surface area contributed by atoms with Crippen LogP contribution in [-0.4, -0.2) is 24.4 Å². The standard InChI is InChI=1S/C9H17NO/c1-5-7-10(4)9(11)8(3)6-2/h3,5-7H2,1-2,4H3. The zero-order valence-corrected chi connectivity index (χ0v) is 7.68. The summed E-state index contributed by atoms with van der Waals surface area (Å²) in [6.07, 6.45) is 1.74. The molecule has 0 aliphatic carbocycles. The summed E-state index contributed by atoms with van der Waals surface area (Å²) < 4.78 is 0. The molecular formula is C9H17NO. The molecule has 0 unspecified atom stereocenters. The van der Waals surface area contributed by atoms with E-state index >= 15 is 0 Å². The van der Waals surface area contributed by atoms with Gasteiger partial charge in [-0.1, -0.05) is 20.4 Å². The van der Waals surface area contributed by atoms with Crippen molar-refractivity contribution in [1.82, 2.24) is 4.90 Å². The van der Waals surface area contributed by atoms with Gasteiger partial charge in [0.2, 0.25) is 5.91 Å². The maximum atomic E-state index is 11.3. The molecule has 0 heterocycles. The van der Waals surface area contributed by atoms with E-state index < -0.39 is 0 Å². The molecule has 1 amide bonds. The van der Waals surface area contributed by atoms with Crippen LogP contribution in [-0.2, 0) is 4.79 Å². The molecule has 0 bridgehead atoms. The van der Waals surface area contributed by atoms with Crippen molar-refractivity contribution in [2.45, 2.75) is 26.7 Å². The van der Waals surface area contributed by atoms with Crippen LogP contribution in [0.25, 0.3) is 0 Å². The molecule has 0 atom stereocenters. The Hall–Kier alpha value is -0.790. The number of carbonyl (C=O) groups excluding carboxylic acids is 1. The van der Waals surface area contributed by atoms with Crippen LogP contribution in [0.15, 0.2) is 12.2 Å². The molecule has 0 aliphatic heterocycles. The molecule has 0 N–H and O–H groups in total. The quantitative estimate of drug-likeness (QED) is 0.567. The van der Waals surface area contributed by atoms with Gasteiger partial charge in [0, 0.05) is 19.2 Å². The van der Waals surface area contributed by atoms with E-state index in [1.54, 1.807) is 4.90 Å². The number of hydrogen-bond acceptors (Lipinski definition) is 1.